The average Bonchev–Trinajstić information content (AvgIpc) is 2.91. The van der Waals surface area contributed by atoms with Gasteiger partial charge in [-0.3, -0.25) is 4.79 Å². The molecule has 0 radical (unpaired) electrons. The van der Waals surface area contributed by atoms with Crippen molar-refractivity contribution in [1.82, 2.24) is 10.6 Å². The number of rotatable bonds is 4. The number of nitrogens with one attached hydrogen (secondary N) is 2. The summed E-state index contributed by atoms with van der Waals surface area (Å²) in [4.78, 5) is 12.0. The molecule has 0 aromatic rings. The van der Waals surface area contributed by atoms with Gasteiger partial charge in [0.25, 0.3) is 0 Å². The zero-order valence-electron chi connectivity index (χ0n) is 12.0. The van der Waals surface area contributed by atoms with Crippen LogP contribution in [0.5, 0.6) is 0 Å². The quantitative estimate of drug-likeness (QED) is 0.833. The molecule has 21 heavy (non-hydrogen) atoms. The Morgan fingerprint density at radius 2 is 2.00 bits per heavy atom. The Labute approximate surface area is 129 Å². The van der Waals surface area contributed by atoms with E-state index in [-0.39, 0.29) is 31.2 Å². The molecule has 3 nitrogen and oxygen atoms in total. The Morgan fingerprint density at radius 1 is 1.24 bits per heavy atom. The maximum Gasteiger partial charge on any atom is 0.391 e. The normalized spacial score (nSPS) is 29.8. The number of amides is 1. The topological polar surface area (TPSA) is 41.1 Å². The van der Waals surface area contributed by atoms with Gasteiger partial charge >= 0.3 is 6.18 Å². The molecular formula is C14H24ClF3N2O. The summed E-state index contributed by atoms with van der Waals surface area (Å²) in [7, 11) is 0. The summed E-state index contributed by atoms with van der Waals surface area (Å²) < 4.78 is 38.1. The summed E-state index contributed by atoms with van der Waals surface area (Å²) >= 11 is 0. The van der Waals surface area contributed by atoms with E-state index in [4.69, 9.17) is 0 Å². The summed E-state index contributed by atoms with van der Waals surface area (Å²) in [5.41, 5.74) is 0. The number of alkyl halides is 3. The molecule has 0 bridgehead atoms. The number of carbonyl (C=O) groups excluding carboxylic acids is 1. The fourth-order valence-electron chi connectivity index (χ4n) is 3.23. The Hall–Kier alpha value is -0.490. The first kappa shape index (κ1) is 18.6. The van der Waals surface area contributed by atoms with Crippen LogP contribution in [0.3, 0.4) is 0 Å². The zero-order chi connectivity index (χ0) is 14.6. The van der Waals surface area contributed by atoms with E-state index < -0.39 is 18.0 Å². The van der Waals surface area contributed by atoms with Crippen molar-refractivity contribution in [3.8, 4) is 0 Å². The Kier molecular flexibility index (Phi) is 7.27. The van der Waals surface area contributed by atoms with Crippen LogP contribution in [-0.2, 0) is 4.79 Å². The fraction of sp³-hybridized carbons (Fsp3) is 0.929. The fourth-order valence-corrected chi connectivity index (χ4v) is 3.23. The van der Waals surface area contributed by atoms with E-state index in [1.165, 1.54) is 0 Å². The monoisotopic (exact) mass is 328 g/mol. The van der Waals surface area contributed by atoms with Crippen molar-refractivity contribution in [2.75, 3.05) is 19.6 Å². The lowest BCUT2D eigenvalue weighted by Crippen LogP contribution is -2.38. The van der Waals surface area contributed by atoms with E-state index in [0.29, 0.717) is 25.3 Å². The lowest BCUT2D eigenvalue weighted by Gasteiger charge is -2.29. The lowest BCUT2D eigenvalue weighted by molar-refractivity contribution is -0.186. The predicted molar refractivity (Wildman–Crippen MR) is 77.4 cm³/mol. The molecule has 1 amide bonds. The molecule has 0 aromatic heterocycles. The van der Waals surface area contributed by atoms with Gasteiger partial charge in [-0.15, -0.1) is 12.4 Å². The maximum atomic E-state index is 12.7. The molecule has 7 heteroatoms. The second-order valence-corrected chi connectivity index (χ2v) is 6.04. The second-order valence-electron chi connectivity index (χ2n) is 6.04. The second kappa shape index (κ2) is 8.22. The highest BCUT2D eigenvalue weighted by Crippen LogP contribution is 2.39. The van der Waals surface area contributed by atoms with E-state index in [9.17, 15) is 18.0 Å². The van der Waals surface area contributed by atoms with Gasteiger partial charge in [0.2, 0.25) is 5.91 Å². The average molecular weight is 329 g/mol. The molecule has 124 valence electrons. The molecule has 1 heterocycles. The van der Waals surface area contributed by atoms with Crippen molar-refractivity contribution in [3.63, 3.8) is 0 Å². The van der Waals surface area contributed by atoms with Crippen LogP contribution < -0.4 is 10.6 Å². The minimum absolute atomic E-state index is 0. The zero-order valence-corrected chi connectivity index (χ0v) is 12.9. The van der Waals surface area contributed by atoms with Crippen LogP contribution in [-0.4, -0.2) is 31.7 Å². The van der Waals surface area contributed by atoms with Gasteiger partial charge in [0.1, 0.15) is 0 Å². The van der Waals surface area contributed by atoms with Gasteiger partial charge in [-0.1, -0.05) is 6.42 Å². The van der Waals surface area contributed by atoms with E-state index >= 15 is 0 Å². The van der Waals surface area contributed by atoms with Gasteiger partial charge in [-0.05, 0) is 51.1 Å². The van der Waals surface area contributed by atoms with Gasteiger partial charge in [0.15, 0.2) is 0 Å². The molecule has 2 fully saturated rings. The highest BCUT2D eigenvalue weighted by molar-refractivity contribution is 5.85. The van der Waals surface area contributed by atoms with Crippen LogP contribution in [0.4, 0.5) is 13.2 Å². The Bertz CT molecular complexity index is 333. The van der Waals surface area contributed by atoms with Crippen molar-refractivity contribution in [2.24, 2.45) is 17.8 Å². The summed E-state index contributed by atoms with van der Waals surface area (Å²) in [6, 6.07) is 0. The number of hydrogen-bond donors (Lipinski definition) is 2. The van der Waals surface area contributed by atoms with Crippen LogP contribution in [0, 0.1) is 17.8 Å². The first-order valence-corrected chi connectivity index (χ1v) is 7.52. The van der Waals surface area contributed by atoms with Crippen LogP contribution in [0.25, 0.3) is 0 Å². The van der Waals surface area contributed by atoms with E-state index in [2.05, 4.69) is 10.6 Å². The molecular weight excluding hydrogens is 305 g/mol. The van der Waals surface area contributed by atoms with Crippen LogP contribution >= 0.6 is 12.4 Å². The molecule has 1 saturated heterocycles. The molecule has 1 aliphatic heterocycles. The number of halogens is 4. The standard InChI is InChI=1S/C14H23F3N2O.ClH/c15-14(16,17)12-3-1-2-11(8-12)13(20)19-7-5-10-4-6-18-9-10;/h10-12,18H,1-9H2,(H,19,20);1H. The van der Waals surface area contributed by atoms with E-state index in [1.54, 1.807) is 0 Å². The molecule has 0 aromatic carbocycles. The highest BCUT2D eigenvalue weighted by Gasteiger charge is 2.43. The van der Waals surface area contributed by atoms with Gasteiger partial charge in [0, 0.05) is 12.5 Å². The van der Waals surface area contributed by atoms with E-state index in [0.717, 1.165) is 25.9 Å². The predicted octanol–water partition coefficient (Wildman–Crippen LogP) is 2.89. The SMILES string of the molecule is Cl.O=C(NCCC1CCNC1)C1CCCC(C(F)(F)F)C1. The summed E-state index contributed by atoms with van der Waals surface area (Å²) in [5.74, 6) is -1.36. The van der Waals surface area contributed by atoms with Crippen LogP contribution in [0.15, 0.2) is 0 Å². The minimum Gasteiger partial charge on any atom is -0.356 e. The first-order chi connectivity index (χ1) is 9.47. The van der Waals surface area contributed by atoms with Gasteiger partial charge < -0.3 is 10.6 Å². The van der Waals surface area contributed by atoms with Crippen molar-refractivity contribution in [1.29, 1.82) is 0 Å². The van der Waals surface area contributed by atoms with Crippen LogP contribution in [0.2, 0.25) is 0 Å². The summed E-state index contributed by atoms with van der Waals surface area (Å²) in [5, 5.41) is 6.08. The van der Waals surface area contributed by atoms with Crippen molar-refractivity contribution >= 4 is 18.3 Å². The molecule has 1 saturated carbocycles. The van der Waals surface area contributed by atoms with Crippen LogP contribution in [0.1, 0.15) is 38.5 Å². The van der Waals surface area contributed by atoms with Crippen molar-refractivity contribution in [3.05, 3.63) is 0 Å². The smallest absolute Gasteiger partial charge is 0.356 e. The molecule has 0 spiro atoms. The summed E-state index contributed by atoms with van der Waals surface area (Å²) in [6.07, 6.45) is -0.919. The Balaban J connectivity index is 0.00000220. The van der Waals surface area contributed by atoms with Gasteiger partial charge in [0.05, 0.1) is 5.92 Å². The number of hydrogen-bond acceptors (Lipinski definition) is 2. The first-order valence-electron chi connectivity index (χ1n) is 7.52. The molecule has 2 rings (SSSR count). The largest absolute Gasteiger partial charge is 0.391 e. The molecule has 3 atom stereocenters. The van der Waals surface area contributed by atoms with Gasteiger partial charge in [-0.2, -0.15) is 13.2 Å². The van der Waals surface area contributed by atoms with Crippen molar-refractivity contribution < 1.29 is 18.0 Å². The number of carbonyl (C=O) groups is 1. The molecule has 2 N–H and O–H groups in total. The minimum atomic E-state index is -4.16. The van der Waals surface area contributed by atoms with E-state index in [1.807, 2.05) is 0 Å². The highest BCUT2D eigenvalue weighted by atomic mass is 35.5. The third kappa shape index (κ3) is 5.66. The molecule has 3 unspecified atom stereocenters. The van der Waals surface area contributed by atoms with Gasteiger partial charge in [-0.25, -0.2) is 0 Å². The molecule has 2 aliphatic rings. The maximum absolute atomic E-state index is 12.7. The molecule has 1 aliphatic carbocycles. The summed E-state index contributed by atoms with van der Waals surface area (Å²) in [6.45, 7) is 2.59. The Morgan fingerprint density at radius 3 is 2.62 bits per heavy atom. The van der Waals surface area contributed by atoms with Crippen molar-refractivity contribution in [2.45, 2.75) is 44.7 Å². The third-order valence-electron chi connectivity index (χ3n) is 4.52. The lowest BCUT2D eigenvalue weighted by atomic mass is 9.80. The third-order valence-corrected chi connectivity index (χ3v) is 4.52.